The third kappa shape index (κ3) is 3.28. The summed E-state index contributed by atoms with van der Waals surface area (Å²) < 4.78 is 11.0. The number of rotatable bonds is 5. The number of likely N-dealkylation sites (N-methyl/N-ethyl adjacent to an activating group) is 1. The van der Waals surface area contributed by atoms with E-state index < -0.39 is 0 Å². The molecule has 0 bridgehead atoms. The monoisotopic (exact) mass is 344 g/mol. The maximum absolute atomic E-state index is 12.7. The van der Waals surface area contributed by atoms with Gasteiger partial charge in [-0.15, -0.1) is 11.3 Å². The molecule has 0 unspecified atom stereocenters. The molecule has 0 N–H and O–H groups in total. The molecule has 3 rings (SSSR count). The standard InChI is InChI=1S/C18H20N2O3S/c1-4-16-19-14(11-24-16)9-20(2)18(21)13-8-12-6-5-7-15(22-3)17(12)23-10-13/h5-8,11H,4,9-10H2,1-3H3. The fourth-order valence-electron chi connectivity index (χ4n) is 2.61. The number of methoxy groups -OCH3 is 1. The number of amides is 1. The number of fused-ring (bicyclic) bond motifs is 1. The van der Waals surface area contributed by atoms with Crippen LogP contribution in [0.1, 0.15) is 23.2 Å². The van der Waals surface area contributed by atoms with Gasteiger partial charge < -0.3 is 14.4 Å². The molecule has 1 aromatic heterocycles. The molecule has 1 aliphatic rings. The number of hydrogen-bond donors (Lipinski definition) is 0. The van der Waals surface area contributed by atoms with Gasteiger partial charge in [-0.1, -0.05) is 19.1 Å². The van der Waals surface area contributed by atoms with E-state index in [4.69, 9.17) is 9.47 Å². The van der Waals surface area contributed by atoms with Gasteiger partial charge in [-0.05, 0) is 18.6 Å². The average Bonchev–Trinajstić information content (AvgIpc) is 3.07. The summed E-state index contributed by atoms with van der Waals surface area (Å²) in [5.74, 6) is 1.32. The largest absolute Gasteiger partial charge is 0.493 e. The summed E-state index contributed by atoms with van der Waals surface area (Å²) in [5.41, 5.74) is 2.41. The Balaban J connectivity index is 1.75. The summed E-state index contributed by atoms with van der Waals surface area (Å²) >= 11 is 1.63. The minimum absolute atomic E-state index is 0.0467. The van der Waals surface area contributed by atoms with E-state index in [1.165, 1.54) is 0 Å². The molecule has 126 valence electrons. The number of nitrogens with zero attached hydrogens (tertiary/aromatic N) is 2. The van der Waals surface area contributed by atoms with Crippen LogP contribution in [-0.2, 0) is 17.8 Å². The summed E-state index contributed by atoms with van der Waals surface area (Å²) in [4.78, 5) is 18.9. The molecule has 6 heteroatoms. The van der Waals surface area contributed by atoms with E-state index in [1.54, 1.807) is 30.4 Å². The van der Waals surface area contributed by atoms with Gasteiger partial charge >= 0.3 is 0 Å². The van der Waals surface area contributed by atoms with Crippen LogP contribution in [0.25, 0.3) is 6.08 Å². The topological polar surface area (TPSA) is 51.7 Å². The highest BCUT2D eigenvalue weighted by Gasteiger charge is 2.22. The number of aryl methyl sites for hydroxylation is 1. The maximum atomic E-state index is 12.7. The van der Waals surface area contributed by atoms with Crippen LogP contribution in [0.2, 0.25) is 0 Å². The van der Waals surface area contributed by atoms with Gasteiger partial charge in [-0.2, -0.15) is 0 Å². The Hall–Kier alpha value is -2.34. The molecule has 2 heterocycles. The lowest BCUT2D eigenvalue weighted by molar-refractivity contribution is -0.126. The van der Waals surface area contributed by atoms with Crippen LogP contribution in [0, 0.1) is 0 Å². The molecule has 0 radical (unpaired) electrons. The van der Waals surface area contributed by atoms with Gasteiger partial charge in [0.2, 0.25) is 0 Å². The van der Waals surface area contributed by atoms with Crippen LogP contribution in [0.5, 0.6) is 11.5 Å². The Morgan fingerprint density at radius 2 is 2.29 bits per heavy atom. The molecule has 1 aromatic carbocycles. The quantitative estimate of drug-likeness (QED) is 0.836. The van der Waals surface area contributed by atoms with Crippen molar-refractivity contribution in [2.45, 2.75) is 19.9 Å². The second-order valence-electron chi connectivity index (χ2n) is 5.58. The number of hydrogen-bond acceptors (Lipinski definition) is 5. The lowest BCUT2D eigenvalue weighted by atomic mass is 10.1. The van der Waals surface area contributed by atoms with Gasteiger partial charge in [-0.3, -0.25) is 4.79 Å². The summed E-state index contributed by atoms with van der Waals surface area (Å²) in [6.45, 7) is 2.82. The summed E-state index contributed by atoms with van der Waals surface area (Å²) in [6, 6.07) is 5.65. The Morgan fingerprint density at radius 3 is 3.00 bits per heavy atom. The fourth-order valence-corrected chi connectivity index (χ4v) is 3.34. The predicted molar refractivity (Wildman–Crippen MR) is 94.4 cm³/mol. The van der Waals surface area contributed by atoms with Crippen molar-refractivity contribution in [3.63, 3.8) is 0 Å². The van der Waals surface area contributed by atoms with Gasteiger partial charge in [-0.25, -0.2) is 4.98 Å². The van der Waals surface area contributed by atoms with Gasteiger partial charge in [0.15, 0.2) is 11.5 Å². The maximum Gasteiger partial charge on any atom is 0.253 e. The third-order valence-electron chi connectivity index (χ3n) is 3.85. The minimum atomic E-state index is -0.0467. The van der Waals surface area contributed by atoms with Crippen molar-refractivity contribution in [2.24, 2.45) is 0 Å². The molecule has 0 aliphatic carbocycles. The van der Waals surface area contributed by atoms with Crippen molar-refractivity contribution in [2.75, 3.05) is 20.8 Å². The summed E-state index contributed by atoms with van der Waals surface area (Å²) in [7, 11) is 3.39. The van der Waals surface area contributed by atoms with E-state index in [2.05, 4.69) is 11.9 Å². The zero-order valence-electron chi connectivity index (χ0n) is 14.0. The predicted octanol–water partition coefficient (Wildman–Crippen LogP) is 3.15. The van der Waals surface area contributed by atoms with Crippen molar-refractivity contribution in [1.29, 1.82) is 0 Å². The minimum Gasteiger partial charge on any atom is -0.493 e. The van der Waals surface area contributed by atoms with Crippen LogP contribution in [0.3, 0.4) is 0 Å². The Morgan fingerprint density at radius 1 is 1.46 bits per heavy atom. The molecule has 1 aliphatic heterocycles. The lowest BCUT2D eigenvalue weighted by Gasteiger charge is -2.23. The van der Waals surface area contributed by atoms with E-state index in [0.717, 1.165) is 22.7 Å². The molecule has 1 amide bonds. The zero-order valence-corrected chi connectivity index (χ0v) is 14.9. The number of ether oxygens (including phenoxy) is 2. The van der Waals surface area contributed by atoms with Crippen molar-refractivity contribution in [3.8, 4) is 11.5 Å². The van der Waals surface area contributed by atoms with Crippen molar-refractivity contribution in [3.05, 3.63) is 45.4 Å². The molecule has 0 saturated carbocycles. The first kappa shape index (κ1) is 16.5. The number of benzene rings is 1. The van der Waals surface area contributed by atoms with Crippen LogP contribution >= 0.6 is 11.3 Å². The molecular weight excluding hydrogens is 324 g/mol. The molecule has 24 heavy (non-hydrogen) atoms. The molecule has 2 aromatic rings. The highest BCUT2D eigenvalue weighted by molar-refractivity contribution is 7.09. The first-order valence-electron chi connectivity index (χ1n) is 7.81. The van der Waals surface area contributed by atoms with Crippen LogP contribution in [-0.4, -0.2) is 36.6 Å². The normalized spacial score (nSPS) is 12.9. The molecule has 0 atom stereocenters. The number of carbonyl (C=O) groups excluding carboxylic acids is 1. The third-order valence-corrected chi connectivity index (χ3v) is 4.90. The number of aromatic nitrogens is 1. The van der Waals surface area contributed by atoms with Crippen molar-refractivity contribution >= 4 is 23.3 Å². The van der Waals surface area contributed by atoms with E-state index in [0.29, 0.717) is 23.6 Å². The Labute approximate surface area is 145 Å². The Bertz CT molecular complexity index is 782. The van der Waals surface area contributed by atoms with E-state index in [1.807, 2.05) is 29.7 Å². The van der Waals surface area contributed by atoms with Crippen LogP contribution in [0.15, 0.2) is 29.2 Å². The average molecular weight is 344 g/mol. The van der Waals surface area contributed by atoms with Gasteiger partial charge in [0, 0.05) is 18.0 Å². The Kier molecular flexibility index (Phi) is 4.85. The lowest BCUT2D eigenvalue weighted by Crippen LogP contribution is -2.30. The first-order chi connectivity index (χ1) is 11.6. The molecule has 0 saturated heterocycles. The van der Waals surface area contributed by atoms with E-state index in [-0.39, 0.29) is 12.5 Å². The zero-order chi connectivity index (χ0) is 17.1. The van der Waals surface area contributed by atoms with E-state index in [9.17, 15) is 4.79 Å². The van der Waals surface area contributed by atoms with Gasteiger partial charge in [0.1, 0.15) is 6.61 Å². The summed E-state index contributed by atoms with van der Waals surface area (Å²) in [6.07, 6.45) is 2.79. The molecule has 0 fully saturated rings. The smallest absolute Gasteiger partial charge is 0.253 e. The van der Waals surface area contributed by atoms with Crippen LogP contribution in [0.4, 0.5) is 0 Å². The molecular formula is C18H20N2O3S. The highest BCUT2D eigenvalue weighted by atomic mass is 32.1. The van der Waals surface area contributed by atoms with Crippen molar-refractivity contribution < 1.29 is 14.3 Å². The van der Waals surface area contributed by atoms with E-state index >= 15 is 0 Å². The summed E-state index contributed by atoms with van der Waals surface area (Å²) in [5, 5.41) is 3.10. The van der Waals surface area contributed by atoms with Gasteiger partial charge in [0.25, 0.3) is 5.91 Å². The SMILES string of the molecule is CCc1nc(CN(C)C(=O)C2=Cc3cccc(OC)c3OC2)cs1. The highest BCUT2D eigenvalue weighted by Crippen LogP contribution is 2.35. The van der Waals surface area contributed by atoms with Gasteiger partial charge in [0.05, 0.1) is 29.9 Å². The number of carbonyl (C=O) groups is 1. The second-order valence-corrected chi connectivity index (χ2v) is 6.53. The van der Waals surface area contributed by atoms with Crippen LogP contribution < -0.4 is 9.47 Å². The molecule has 0 spiro atoms. The fraction of sp³-hybridized carbons (Fsp3) is 0.333. The first-order valence-corrected chi connectivity index (χ1v) is 8.69. The number of thiazole rings is 1. The molecule has 5 nitrogen and oxygen atoms in total. The second kappa shape index (κ2) is 7.05. The number of para-hydroxylation sites is 1. The van der Waals surface area contributed by atoms with Crippen molar-refractivity contribution in [1.82, 2.24) is 9.88 Å².